The normalized spacial score (nSPS) is 10.1. The highest BCUT2D eigenvalue weighted by atomic mass is 16.5. The van der Waals surface area contributed by atoms with Gasteiger partial charge in [0.15, 0.2) is 0 Å². The van der Waals surface area contributed by atoms with E-state index in [1.807, 2.05) is 61.5 Å². The SMILES string of the molecule is Cc1ncccc1C(=O)Nc1ccc(Oc2ccccc2)cc1. The summed E-state index contributed by atoms with van der Waals surface area (Å²) in [6, 6.07) is 20.3. The molecule has 0 radical (unpaired) electrons. The fourth-order valence-electron chi connectivity index (χ4n) is 2.15. The number of amides is 1. The molecule has 1 heterocycles. The molecule has 1 amide bonds. The van der Waals surface area contributed by atoms with Crippen LogP contribution in [0, 0.1) is 6.92 Å². The lowest BCUT2D eigenvalue weighted by atomic mass is 10.2. The van der Waals surface area contributed by atoms with Crippen molar-refractivity contribution in [1.29, 1.82) is 0 Å². The van der Waals surface area contributed by atoms with Crippen LogP contribution in [0.15, 0.2) is 72.9 Å². The maximum Gasteiger partial charge on any atom is 0.257 e. The molecule has 0 aliphatic heterocycles. The molecule has 4 heteroatoms. The number of carbonyl (C=O) groups excluding carboxylic acids is 1. The fourth-order valence-corrected chi connectivity index (χ4v) is 2.15. The molecule has 0 saturated heterocycles. The monoisotopic (exact) mass is 304 g/mol. The predicted octanol–water partition coefficient (Wildman–Crippen LogP) is 4.43. The van der Waals surface area contributed by atoms with Crippen LogP contribution in [0.5, 0.6) is 11.5 Å². The molecular formula is C19H16N2O2. The molecule has 2 aromatic carbocycles. The Morgan fingerprint density at radius 3 is 2.30 bits per heavy atom. The van der Waals surface area contributed by atoms with E-state index in [4.69, 9.17) is 4.74 Å². The van der Waals surface area contributed by atoms with E-state index >= 15 is 0 Å². The van der Waals surface area contributed by atoms with Gasteiger partial charge in [0.25, 0.3) is 5.91 Å². The summed E-state index contributed by atoms with van der Waals surface area (Å²) in [5.41, 5.74) is 1.98. The topological polar surface area (TPSA) is 51.2 Å². The lowest BCUT2D eigenvalue weighted by Gasteiger charge is -2.09. The standard InChI is InChI=1S/C19H16N2O2/c1-14-18(8-5-13-20-14)19(22)21-15-9-11-17(12-10-15)23-16-6-3-2-4-7-16/h2-13H,1H3,(H,21,22). The molecule has 1 N–H and O–H groups in total. The Labute approximate surface area is 134 Å². The number of carbonyl (C=O) groups is 1. The van der Waals surface area contributed by atoms with E-state index in [-0.39, 0.29) is 5.91 Å². The molecule has 0 unspecified atom stereocenters. The molecule has 0 spiro atoms. The third-order valence-corrected chi connectivity index (χ3v) is 3.34. The van der Waals surface area contributed by atoms with Crippen molar-refractivity contribution in [1.82, 2.24) is 4.98 Å². The number of rotatable bonds is 4. The van der Waals surface area contributed by atoms with E-state index in [1.165, 1.54) is 0 Å². The third-order valence-electron chi connectivity index (χ3n) is 3.34. The first-order chi connectivity index (χ1) is 11.2. The second kappa shape index (κ2) is 6.75. The van der Waals surface area contributed by atoms with Crippen LogP contribution < -0.4 is 10.1 Å². The van der Waals surface area contributed by atoms with Crippen molar-refractivity contribution >= 4 is 11.6 Å². The number of hydrogen-bond acceptors (Lipinski definition) is 3. The van der Waals surface area contributed by atoms with Crippen molar-refractivity contribution in [2.75, 3.05) is 5.32 Å². The smallest absolute Gasteiger partial charge is 0.257 e. The van der Waals surface area contributed by atoms with Gasteiger partial charge in [0.1, 0.15) is 11.5 Å². The highest BCUT2D eigenvalue weighted by molar-refractivity contribution is 6.04. The average Bonchev–Trinajstić information content (AvgIpc) is 2.58. The van der Waals surface area contributed by atoms with Gasteiger partial charge < -0.3 is 10.1 Å². The van der Waals surface area contributed by atoms with Gasteiger partial charge in [0, 0.05) is 17.6 Å². The van der Waals surface area contributed by atoms with Gasteiger partial charge in [-0.15, -0.1) is 0 Å². The summed E-state index contributed by atoms with van der Waals surface area (Å²) in [7, 11) is 0. The lowest BCUT2D eigenvalue weighted by molar-refractivity contribution is 0.102. The summed E-state index contributed by atoms with van der Waals surface area (Å²) in [6.07, 6.45) is 1.67. The maximum atomic E-state index is 12.2. The minimum atomic E-state index is -0.174. The highest BCUT2D eigenvalue weighted by Gasteiger charge is 2.09. The number of nitrogens with one attached hydrogen (secondary N) is 1. The van der Waals surface area contributed by atoms with Crippen LogP contribution in [0.4, 0.5) is 5.69 Å². The molecule has 23 heavy (non-hydrogen) atoms. The minimum absolute atomic E-state index is 0.174. The fraction of sp³-hybridized carbons (Fsp3) is 0.0526. The lowest BCUT2D eigenvalue weighted by Crippen LogP contribution is -2.13. The van der Waals surface area contributed by atoms with Crippen LogP contribution in [0.25, 0.3) is 0 Å². The third kappa shape index (κ3) is 3.74. The molecule has 114 valence electrons. The van der Waals surface area contributed by atoms with E-state index < -0.39 is 0 Å². The van der Waals surface area contributed by atoms with Gasteiger partial charge in [-0.05, 0) is 55.5 Å². The number of nitrogens with zero attached hydrogens (tertiary/aromatic N) is 1. The number of ether oxygens (including phenoxy) is 1. The number of para-hydroxylation sites is 1. The Morgan fingerprint density at radius 1 is 0.913 bits per heavy atom. The molecule has 0 atom stereocenters. The molecule has 0 fully saturated rings. The molecular weight excluding hydrogens is 288 g/mol. The zero-order valence-electron chi connectivity index (χ0n) is 12.7. The molecule has 0 saturated carbocycles. The zero-order valence-corrected chi connectivity index (χ0v) is 12.7. The van der Waals surface area contributed by atoms with Crippen molar-refractivity contribution in [3.05, 3.63) is 84.2 Å². The Bertz CT molecular complexity index is 799. The summed E-state index contributed by atoms with van der Waals surface area (Å²) in [6.45, 7) is 1.81. The van der Waals surface area contributed by atoms with Crippen LogP contribution in [-0.4, -0.2) is 10.9 Å². The number of aromatic nitrogens is 1. The molecule has 0 bridgehead atoms. The van der Waals surface area contributed by atoms with Gasteiger partial charge in [0.2, 0.25) is 0 Å². The predicted molar refractivity (Wildman–Crippen MR) is 89.9 cm³/mol. The van der Waals surface area contributed by atoms with Crippen molar-refractivity contribution in [2.24, 2.45) is 0 Å². The molecule has 3 rings (SSSR count). The summed E-state index contributed by atoms with van der Waals surface area (Å²) < 4.78 is 5.72. The van der Waals surface area contributed by atoms with Crippen LogP contribution >= 0.6 is 0 Å². The van der Waals surface area contributed by atoms with Crippen LogP contribution in [0.3, 0.4) is 0 Å². The van der Waals surface area contributed by atoms with E-state index in [9.17, 15) is 4.79 Å². The number of anilines is 1. The number of benzene rings is 2. The molecule has 0 aliphatic carbocycles. The van der Waals surface area contributed by atoms with E-state index in [1.54, 1.807) is 18.3 Å². The first-order valence-electron chi connectivity index (χ1n) is 7.28. The first-order valence-corrected chi connectivity index (χ1v) is 7.28. The second-order valence-corrected chi connectivity index (χ2v) is 5.03. The highest BCUT2D eigenvalue weighted by Crippen LogP contribution is 2.22. The molecule has 1 aromatic heterocycles. The number of hydrogen-bond donors (Lipinski definition) is 1. The largest absolute Gasteiger partial charge is 0.457 e. The Kier molecular flexibility index (Phi) is 4.34. The van der Waals surface area contributed by atoms with Gasteiger partial charge in [-0.25, -0.2) is 0 Å². The van der Waals surface area contributed by atoms with Gasteiger partial charge in [0.05, 0.1) is 5.56 Å². The first kappa shape index (κ1) is 14.8. The van der Waals surface area contributed by atoms with E-state index in [0.29, 0.717) is 22.7 Å². The zero-order chi connectivity index (χ0) is 16.1. The number of pyridine rings is 1. The van der Waals surface area contributed by atoms with Crippen LogP contribution in [-0.2, 0) is 0 Å². The van der Waals surface area contributed by atoms with Crippen LogP contribution in [0.2, 0.25) is 0 Å². The van der Waals surface area contributed by atoms with Gasteiger partial charge >= 0.3 is 0 Å². The summed E-state index contributed by atoms with van der Waals surface area (Å²) in [5, 5.41) is 2.86. The summed E-state index contributed by atoms with van der Waals surface area (Å²) >= 11 is 0. The Balaban J connectivity index is 1.68. The Hall–Kier alpha value is -3.14. The quantitative estimate of drug-likeness (QED) is 0.775. The molecule has 4 nitrogen and oxygen atoms in total. The van der Waals surface area contributed by atoms with Crippen molar-refractivity contribution in [2.45, 2.75) is 6.92 Å². The summed E-state index contributed by atoms with van der Waals surface area (Å²) in [4.78, 5) is 16.4. The average molecular weight is 304 g/mol. The van der Waals surface area contributed by atoms with Gasteiger partial charge in [-0.1, -0.05) is 18.2 Å². The van der Waals surface area contributed by atoms with Crippen LogP contribution in [0.1, 0.15) is 16.1 Å². The van der Waals surface area contributed by atoms with E-state index in [2.05, 4.69) is 10.3 Å². The van der Waals surface area contributed by atoms with Gasteiger partial charge in [-0.3, -0.25) is 9.78 Å². The molecule has 3 aromatic rings. The molecule has 0 aliphatic rings. The Morgan fingerprint density at radius 2 is 1.61 bits per heavy atom. The second-order valence-electron chi connectivity index (χ2n) is 5.03. The summed E-state index contributed by atoms with van der Waals surface area (Å²) in [5.74, 6) is 1.31. The van der Waals surface area contributed by atoms with Crippen molar-refractivity contribution in [3.8, 4) is 11.5 Å². The minimum Gasteiger partial charge on any atom is -0.457 e. The van der Waals surface area contributed by atoms with Crippen molar-refractivity contribution in [3.63, 3.8) is 0 Å². The van der Waals surface area contributed by atoms with Crippen molar-refractivity contribution < 1.29 is 9.53 Å². The van der Waals surface area contributed by atoms with Gasteiger partial charge in [-0.2, -0.15) is 0 Å². The number of aryl methyl sites for hydroxylation is 1. The maximum absolute atomic E-state index is 12.2. The van der Waals surface area contributed by atoms with E-state index in [0.717, 1.165) is 5.75 Å².